The zero-order valence-electron chi connectivity index (χ0n) is 9.54. The van der Waals surface area contributed by atoms with E-state index in [9.17, 15) is 4.79 Å². The van der Waals surface area contributed by atoms with Crippen LogP contribution in [0.25, 0.3) is 0 Å². The van der Waals surface area contributed by atoms with E-state index in [0.717, 1.165) is 0 Å². The zero-order chi connectivity index (χ0) is 12.8. The highest BCUT2D eigenvalue weighted by Crippen LogP contribution is 2.24. The Labute approximate surface area is 111 Å². The van der Waals surface area contributed by atoms with E-state index in [1.54, 1.807) is 18.2 Å². The summed E-state index contributed by atoms with van der Waals surface area (Å²) in [5.74, 6) is -0.194. The van der Waals surface area contributed by atoms with Gasteiger partial charge in [0.15, 0.2) is 0 Å². The maximum atomic E-state index is 11.7. The zero-order valence-corrected chi connectivity index (χ0v) is 11.1. The van der Waals surface area contributed by atoms with Crippen LogP contribution in [-0.4, -0.2) is 23.7 Å². The molecule has 0 fully saturated rings. The van der Waals surface area contributed by atoms with E-state index in [-0.39, 0.29) is 25.0 Å². The molecule has 0 saturated heterocycles. The molecule has 0 aliphatic rings. The Kier molecular flexibility index (Phi) is 5.75. The summed E-state index contributed by atoms with van der Waals surface area (Å²) in [6.07, 6.45) is 0.799. The van der Waals surface area contributed by atoms with Crippen LogP contribution in [0.4, 0.5) is 0 Å². The van der Waals surface area contributed by atoms with Crippen LogP contribution >= 0.6 is 23.2 Å². The Morgan fingerprint density at radius 3 is 2.47 bits per heavy atom. The Morgan fingerprint density at radius 1 is 1.41 bits per heavy atom. The quantitative estimate of drug-likeness (QED) is 0.867. The van der Waals surface area contributed by atoms with Crippen molar-refractivity contribution in [3.05, 3.63) is 33.8 Å². The second kappa shape index (κ2) is 6.84. The highest BCUT2D eigenvalue weighted by atomic mass is 35.5. The molecule has 0 radical (unpaired) electrons. The molecular weight excluding hydrogens is 261 g/mol. The first kappa shape index (κ1) is 14.3. The minimum atomic E-state index is -0.219. The third kappa shape index (κ3) is 4.19. The van der Waals surface area contributed by atoms with Gasteiger partial charge in [0.05, 0.1) is 19.1 Å². The van der Waals surface area contributed by atoms with Crippen LogP contribution in [0.5, 0.6) is 0 Å². The molecule has 94 valence electrons. The molecule has 0 saturated carbocycles. The minimum Gasteiger partial charge on any atom is -0.394 e. The predicted molar refractivity (Wildman–Crippen MR) is 69.5 cm³/mol. The van der Waals surface area contributed by atoms with Gasteiger partial charge in [-0.2, -0.15) is 0 Å². The van der Waals surface area contributed by atoms with Gasteiger partial charge in [0.25, 0.3) is 0 Å². The summed E-state index contributed by atoms with van der Waals surface area (Å²) in [4.78, 5) is 11.7. The van der Waals surface area contributed by atoms with Gasteiger partial charge in [0.1, 0.15) is 0 Å². The molecule has 0 aliphatic carbocycles. The number of aliphatic hydroxyl groups excluding tert-OH is 1. The van der Waals surface area contributed by atoms with Gasteiger partial charge in [0, 0.05) is 10.0 Å². The number of hydrogen-bond donors (Lipinski definition) is 2. The van der Waals surface area contributed by atoms with E-state index >= 15 is 0 Å². The van der Waals surface area contributed by atoms with Crippen LogP contribution in [0.2, 0.25) is 10.0 Å². The smallest absolute Gasteiger partial charge is 0.224 e. The van der Waals surface area contributed by atoms with Gasteiger partial charge in [-0.3, -0.25) is 4.79 Å². The molecule has 1 rings (SSSR count). The molecule has 1 unspecified atom stereocenters. The van der Waals surface area contributed by atoms with E-state index < -0.39 is 0 Å². The first-order valence-electron chi connectivity index (χ1n) is 5.41. The van der Waals surface area contributed by atoms with Crippen molar-refractivity contribution in [2.45, 2.75) is 25.8 Å². The first-order valence-corrected chi connectivity index (χ1v) is 6.17. The maximum absolute atomic E-state index is 11.7. The molecule has 2 N–H and O–H groups in total. The standard InChI is InChI=1S/C12H15Cl2NO2/c1-2-8(7-16)15-12(17)6-9-10(13)4-3-5-11(9)14/h3-5,8,16H,2,6-7H2,1H3,(H,15,17). The molecular formula is C12H15Cl2NO2. The van der Waals surface area contributed by atoms with Crippen molar-refractivity contribution in [1.29, 1.82) is 0 Å². The fourth-order valence-corrected chi connectivity index (χ4v) is 1.95. The number of aliphatic hydroxyl groups is 1. The second-order valence-electron chi connectivity index (χ2n) is 3.73. The number of carbonyl (C=O) groups is 1. The third-order valence-electron chi connectivity index (χ3n) is 2.48. The van der Waals surface area contributed by atoms with E-state index in [0.29, 0.717) is 22.0 Å². The third-order valence-corrected chi connectivity index (χ3v) is 3.19. The van der Waals surface area contributed by atoms with Crippen molar-refractivity contribution in [2.75, 3.05) is 6.61 Å². The first-order chi connectivity index (χ1) is 8.08. The van der Waals surface area contributed by atoms with Crippen molar-refractivity contribution in [3.8, 4) is 0 Å². The van der Waals surface area contributed by atoms with Crippen molar-refractivity contribution >= 4 is 29.1 Å². The Bertz CT molecular complexity index is 372. The molecule has 0 aromatic heterocycles. The molecule has 0 bridgehead atoms. The van der Waals surface area contributed by atoms with Crippen LogP contribution in [0.1, 0.15) is 18.9 Å². The van der Waals surface area contributed by atoms with Gasteiger partial charge in [-0.1, -0.05) is 36.2 Å². The number of benzene rings is 1. The number of hydrogen-bond acceptors (Lipinski definition) is 2. The van der Waals surface area contributed by atoms with Crippen molar-refractivity contribution in [2.24, 2.45) is 0 Å². The van der Waals surface area contributed by atoms with Crippen molar-refractivity contribution < 1.29 is 9.90 Å². The summed E-state index contributed by atoms with van der Waals surface area (Å²) in [6, 6.07) is 4.90. The topological polar surface area (TPSA) is 49.3 Å². The van der Waals surface area contributed by atoms with E-state index in [1.807, 2.05) is 6.92 Å². The largest absolute Gasteiger partial charge is 0.394 e. The number of amides is 1. The van der Waals surface area contributed by atoms with Crippen LogP contribution in [0, 0.1) is 0 Å². The van der Waals surface area contributed by atoms with Gasteiger partial charge in [0.2, 0.25) is 5.91 Å². The summed E-state index contributed by atoms with van der Waals surface area (Å²) >= 11 is 11.9. The van der Waals surface area contributed by atoms with Crippen molar-refractivity contribution in [1.82, 2.24) is 5.32 Å². The van der Waals surface area contributed by atoms with E-state index in [4.69, 9.17) is 28.3 Å². The van der Waals surface area contributed by atoms with E-state index in [2.05, 4.69) is 5.32 Å². The molecule has 17 heavy (non-hydrogen) atoms. The molecule has 1 aromatic carbocycles. The number of carbonyl (C=O) groups excluding carboxylic acids is 1. The minimum absolute atomic E-state index is 0.0709. The Balaban J connectivity index is 2.68. The lowest BCUT2D eigenvalue weighted by atomic mass is 10.1. The number of nitrogens with one attached hydrogen (secondary N) is 1. The Hall–Kier alpha value is -0.770. The van der Waals surface area contributed by atoms with Crippen LogP contribution in [-0.2, 0) is 11.2 Å². The predicted octanol–water partition coefficient (Wildman–Crippen LogP) is 2.42. The monoisotopic (exact) mass is 275 g/mol. The maximum Gasteiger partial charge on any atom is 0.224 e. The lowest BCUT2D eigenvalue weighted by molar-refractivity contribution is -0.121. The van der Waals surface area contributed by atoms with Gasteiger partial charge in [-0.15, -0.1) is 0 Å². The van der Waals surface area contributed by atoms with Crippen LogP contribution in [0.15, 0.2) is 18.2 Å². The Morgan fingerprint density at radius 2 is 2.00 bits per heavy atom. The highest BCUT2D eigenvalue weighted by molar-refractivity contribution is 6.36. The average Bonchev–Trinajstić information content (AvgIpc) is 2.31. The summed E-state index contributed by atoms with van der Waals surface area (Å²) in [6.45, 7) is 1.82. The normalized spacial score (nSPS) is 12.2. The molecule has 3 nitrogen and oxygen atoms in total. The molecule has 1 amide bonds. The number of rotatable bonds is 5. The summed E-state index contributed by atoms with van der Waals surface area (Å²) < 4.78 is 0. The summed E-state index contributed by atoms with van der Waals surface area (Å²) in [5, 5.41) is 12.6. The van der Waals surface area contributed by atoms with Gasteiger partial charge < -0.3 is 10.4 Å². The molecule has 1 aromatic rings. The number of halogens is 2. The second-order valence-corrected chi connectivity index (χ2v) is 4.55. The van der Waals surface area contributed by atoms with Gasteiger partial charge >= 0.3 is 0 Å². The molecule has 0 heterocycles. The summed E-state index contributed by atoms with van der Waals surface area (Å²) in [7, 11) is 0. The van der Waals surface area contributed by atoms with Crippen LogP contribution < -0.4 is 5.32 Å². The fraction of sp³-hybridized carbons (Fsp3) is 0.417. The molecule has 5 heteroatoms. The van der Waals surface area contributed by atoms with Crippen LogP contribution in [0.3, 0.4) is 0 Å². The van der Waals surface area contributed by atoms with Gasteiger partial charge in [-0.05, 0) is 24.1 Å². The van der Waals surface area contributed by atoms with Gasteiger partial charge in [-0.25, -0.2) is 0 Å². The fourth-order valence-electron chi connectivity index (χ4n) is 1.42. The summed E-state index contributed by atoms with van der Waals surface area (Å²) in [5.41, 5.74) is 0.612. The molecule has 1 atom stereocenters. The van der Waals surface area contributed by atoms with Crippen molar-refractivity contribution in [3.63, 3.8) is 0 Å². The lowest BCUT2D eigenvalue weighted by Gasteiger charge is -2.14. The van der Waals surface area contributed by atoms with E-state index in [1.165, 1.54) is 0 Å². The lowest BCUT2D eigenvalue weighted by Crippen LogP contribution is -2.37. The SMILES string of the molecule is CCC(CO)NC(=O)Cc1c(Cl)cccc1Cl. The highest BCUT2D eigenvalue weighted by Gasteiger charge is 2.13. The molecule has 0 aliphatic heterocycles. The molecule has 0 spiro atoms. The average molecular weight is 276 g/mol.